The first-order valence-corrected chi connectivity index (χ1v) is 8.19. The molecule has 0 aromatic carbocycles. The zero-order valence-corrected chi connectivity index (χ0v) is 14.5. The van der Waals surface area contributed by atoms with Crippen LogP contribution in [0.25, 0.3) is 0 Å². The van der Waals surface area contributed by atoms with E-state index in [1.165, 1.54) is 0 Å². The molecule has 1 saturated heterocycles. The summed E-state index contributed by atoms with van der Waals surface area (Å²) < 4.78 is 11.1. The highest BCUT2D eigenvalue weighted by Gasteiger charge is 2.43. The van der Waals surface area contributed by atoms with Gasteiger partial charge in [0.25, 0.3) is 0 Å². The van der Waals surface area contributed by atoms with Gasteiger partial charge in [-0.1, -0.05) is 13.8 Å². The van der Waals surface area contributed by atoms with Crippen molar-refractivity contribution in [1.82, 2.24) is 4.90 Å². The van der Waals surface area contributed by atoms with Crippen molar-refractivity contribution in [1.29, 1.82) is 0 Å². The first-order valence-electron chi connectivity index (χ1n) is 8.19. The summed E-state index contributed by atoms with van der Waals surface area (Å²) in [6, 6.07) is -0.198. The van der Waals surface area contributed by atoms with Crippen LogP contribution < -0.4 is 0 Å². The fourth-order valence-electron chi connectivity index (χ4n) is 3.31. The molecule has 1 aliphatic heterocycles. The van der Waals surface area contributed by atoms with Crippen LogP contribution in [0.3, 0.4) is 0 Å². The maximum Gasteiger partial charge on any atom is 0.410 e. The van der Waals surface area contributed by atoms with Crippen molar-refractivity contribution in [3.05, 3.63) is 0 Å². The van der Waals surface area contributed by atoms with E-state index >= 15 is 0 Å². The highest BCUT2D eigenvalue weighted by Crippen LogP contribution is 2.39. The molecule has 0 spiro atoms. The smallest absolute Gasteiger partial charge is 0.410 e. The summed E-state index contributed by atoms with van der Waals surface area (Å²) >= 11 is 0. The molecule has 2 unspecified atom stereocenters. The summed E-state index contributed by atoms with van der Waals surface area (Å²) in [7, 11) is 0. The maximum atomic E-state index is 12.5. The van der Waals surface area contributed by atoms with Crippen LogP contribution in [0.4, 0.5) is 4.79 Å². The predicted molar refractivity (Wildman–Crippen MR) is 83.7 cm³/mol. The molecular weight excluding hydrogens is 282 g/mol. The molecule has 2 aliphatic rings. The van der Waals surface area contributed by atoms with Gasteiger partial charge in [-0.15, -0.1) is 0 Å². The summed E-state index contributed by atoms with van der Waals surface area (Å²) in [6.07, 6.45) is 1.98. The van der Waals surface area contributed by atoms with E-state index in [1.807, 2.05) is 20.8 Å². The Hall–Kier alpha value is -1.10. The number of ether oxygens (including phenoxy) is 2. The van der Waals surface area contributed by atoms with Gasteiger partial charge in [0.1, 0.15) is 11.4 Å². The number of hydrogen-bond donors (Lipinski definition) is 0. The Balaban J connectivity index is 2.15. The number of carbonyl (C=O) groups is 2. The molecule has 2 rings (SSSR count). The Kier molecular flexibility index (Phi) is 4.85. The minimum Gasteiger partial charge on any atom is -0.444 e. The number of hydrogen-bond acceptors (Lipinski definition) is 4. The Bertz CT molecular complexity index is 438. The molecular formula is C17H29NO4. The molecule has 5 nitrogen and oxygen atoms in total. The lowest BCUT2D eigenvalue weighted by molar-refractivity contribution is -0.133. The van der Waals surface area contributed by atoms with Crippen LogP contribution in [0.15, 0.2) is 0 Å². The van der Waals surface area contributed by atoms with Crippen LogP contribution in [0.1, 0.15) is 53.9 Å². The van der Waals surface area contributed by atoms with Gasteiger partial charge < -0.3 is 9.47 Å². The summed E-state index contributed by atoms with van der Waals surface area (Å²) in [5.74, 6) is 0.111. The van der Waals surface area contributed by atoms with Gasteiger partial charge in [0, 0.05) is 18.9 Å². The maximum absolute atomic E-state index is 12.5. The zero-order valence-electron chi connectivity index (χ0n) is 14.5. The monoisotopic (exact) mass is 311 g/mol. The van der Waals surface area contributed by atoms with Crippen molar-refractivity contribution in [2.75, 3.05) is 19.8 Å². The van der Waals surface area contributed by atoms with Gasteiger partial charge in [-0.3, -0.25) is 9.69 Å². The van der Waals surface area contributed by atoms with Gasteiger partial charge in [-0.2, -0.15) is 0 Å². The van der Waals surface area contributed by atoms with Gasteiger partial charge in [0.15, 0.2) is 0 Å². The minimum absolute atomic E-state index is 0.135. The quantitative estimate of drug-likeness (QED) is 0.747. The molecule has 0 aromatic rings. The summed E-state index contributed by atoms with van der Waals surface area (Å²) in [5.41, 5.74) is -0.397. The van der Waals surface area contributed by atoms with E-state index in [0.29, 0.717) is 26.2 Å². The van der Waals surface area contributed by atoms with Crippen molar-refractivity contribution in [2.24, 2.45) is 11.3 Å². The summed E-state index contributed by atoms with van der Waals surface area (Å²) in [4.78, 5) is 26.6. The third-order valence-corrected chi connectivity index (χ3v) is 4.49. The topological polar surface area (TPSA) is 55.8 Å². The molecule has 0 bridgehead atoms. The first-order chi connectivity index (χ1) is 10.1. The number of ketones is 1. The van der Waals surface area contributed by atoms with Gasteiger partial charge in [0.2, 0.25) is 0 Å². The molecule has 0 N–H and O–H groups in total. The van der Waals surface area contributed by atoms with Crippen molar-refractivity contribution in [3.8, 4) is 0 Å². The number of Topliss-reactive ketones (excluding diaryl/α,β-unsaturated/α-hetero) is 1. The standard InChI is InChI=1S/C17H29NO4/c1-16(2,3)22-15(20)18-8-9-21-11-13(18)12-10-17(4,5)7-6-14(12)19/h12-13H,6-11H2,1-5H3. The molecule has 126 valence electrons. The lowest BCUT2D eigenvalue weighted by Crippen LogP contribution is -2.56. The molecule has 22 heavy (non-hydrogen) atoms. The molecule has 1 aliphatic carbocycles. The van der Waals surface area contributed by atoms with E-state index in [0.717, 1.165) is 12.8 Å². The van der Waals surface area contributed by atoms with Crippen LogP contribution in [0, 0.1) is 11.3 Å². The molecule has 1 saturated carbocycles. The van der Waals surface area contributed by atoms with Crippen LogP contribution >= 0.6 is 0 Å². The normalized spacial score (nSPS) is 29.3. The van der Waals surface area contributed by atoms with Crippen molar-refractivity contribution >= 4 is 11.9 Å². The molecule has 1 amide bonds. The average molecular weight is 311 g/mol. The number of amides is 1. The Morgan fingerprint density at radius 1 is 1.36 bits per heavy atom. The number of carbonyl (C=O) groups excluding carboxylic acids is 2. The van der Waals surface area contributed by atoms with E-state index in [4.69, 9.17) is 9.47 Å². The lowest BCUT2D eigenvalue weighted by atomic mass is 9.69. The highest BCUT2D eigenvalue weighted by molar-refractivity contribution is 5.83. The van der Waals surface area contributed by atoms with Gasteiger partial charge >= 0.3 is 6.09 Å². The number of nitrogens with zero attached hydrogens (tertiary/aromatic N) is 1. The molecule has 0 aromatic heterocycles. The lowest BCUT2D eigenvalue weighted by Gasteiger charge is -2.44. The SMILES string of the molecule is CC1(C)CCC(=O)C(C2COCCN2C(=O)OC(C)(C)C)C1. The van der Waals surface area contributed by atoms with E-state index in [-0.39, 0.29) is 29.3 Å². The van der Waals surface area contributed by atoms with Gasteiger partial charge in [-0.05, 0) is 39.0 Å². The molecule has 0 radical (unpaired) electrons. The van der Waals surface area contributed by atoms with Crippen LogP contribution in [-0.2, 0) is 14.3 Å². The molecule has 5 heteroatoms. The zero-order chi connectivity index (χ0) is 16.5. The highest BCUT2D eigenvalue weighted by atomic mass is 16.6. The van der Waals surface area contributed by atoms with Gasteiger partial charge in [-0.25, -0.2) is 4.79 Å². The molecule has 2 fully saturated rings. The molecule has 2 atom stereocenters. The predicted octanol–water partition coefficient (Wildman–Crippen LogP) is 3.02. The second kappa shape index (κ2) is 6.19. The number of morpholine rings is 1. The van der Waals surface area contributed by atoms with E-state index < -0.39 is 5.60 Å². The van der Waals surface area contributed by atoms with Crippen LogP contribution in [-0.4, -0.2) is 48.2 Å². The van der Waals surface area contributed by atoms with Crippen molar-refractivity contribution in [2.45, 2.75) is 65.5 Å². The summed E-state index contributed by atoms with van der Waals surface area (Å²) in [5, 5.41) is 0. The number of rotatable bonds is 1. The molecule has 1 heterocycles. The fourth-order valence-corrected chi connectivity index (χ4v) is 3.31. The Morgan fingerprint density at radius 2 is 2.05 bits per heavy atom. The average Bonchev–Trinajstić information content (AvgIpc) is 2.40. The van der Waals surface area contributed by atoms with Gasteiger partial charge in [0.05, 0.1) is 19.3 Å². The van der Waals surface area contributed by atoms with Crippen LogP contribution in [0.2, 0.25) is 0 Å². The van der Waals surface area contributed by atoms with E-state index in [9.17, 15) is 9.59 Å². The van der Waals surface area contributed by atoms with E-state index in [2.05, 4.69) is 13.8 Å². The second-order valence-electron chi connectivity index (χ2n) is 8.26. The van der Waals surface area contributed by atoms with Crippen molar-refractivity contribution in [3.63, 3.8) is 0 Å². The third-order valence-electron chi connectivity index (χ3n) is 4.49. The summed E-state index contributed by atoms with van der Waals surface area (Å²) in [6.45, 7) is 11.4. The Morgan fingerprint density at radius 3 is 2.68 bits per heavy atom. The fraction of sp³-hybridized carbons (Fsp3) is 0.882. The van der Waals surface area contributed by atoms with Crippen LogP contribution in [0.5, 0.6) is 0 Å². The van der Waals surface area contributed by atoms with E-state index in [1.54, 1.807) is 4.90 Å². The van der Waals surface area contributed by atoms with Crippen molar-refractivity contribution < 1.29 is 19.1 Å². The second-order valence-corrected chi connectivity index (χ2v) is 8.26. The largest absolute Gasteiger partial charge is 0.444 e. The minimum atomic E-state index is -0.532. The first kappa shape index (κ1) is 17.3. The Labute approximate surface area is 133 Å². The third kappa shape index (κ3) is 4.22.